The van der Waals surface area contributed by atoms with Gasteiger partial charge in [0.05, 0.1) is 0 Å². The molecule has 0 aliphatic rings. The van der Waals surface area contributed by atoms with Crippen molar-refractivity contribution in [3.63, 3.8) is 0 Å². The Hall–Kier alpha value is -3.15. The number of aromatic nitrogens is 2. The zero-order valence-corrected chi connectivity index (χ0v) is 15.9. The van der Waals surface area contributed by atoms with Crippen LogP contribution in [0.25, 0.3) is 11.4 Å². The second kappa shape index (κ2) is 8.49. The predicted molar refractivity (Wildman–Crippen MR) is 106 cm³/mol. The average molecular weight is 364 g/mol. The molecule has 3 rings (SSSR count). The molecular weight excluding hydrogens is 340 g/mol. The lowest BCUT2D eigenvalue weighted by Crippen LogP contribution is -2.27. The topological polar surface area (TPSA) is 71.3 Å². The van der Waals surface area contributed by atoms with Crippen LogP contribution in [0.1, 0.15) is 17.0 Å². The van der Waals surface area contributed by atoms with Crippen LogP contribution in [0.3, 0.4) is 0 Å². The van der Waals surface area contributed by atoms with Gasteiger partial charge in [0, 0.05) is 31.9 Å². The van der Waals surface area contributed by atoms with Gasteiger partial charge in [0.2, 0.25) is 17.6 Å². The van der Waals surface area contributed by atoms with Gasteiger partial charge in [0.1, 0.15) is 6.42 Å². The van der Waals surface area contributed by atoms with Crippen molar-refractivity contribution in [2.24, 2.45) is 0 Å². The number of anilines is 1. The number of benzene rings is 2. The molecular formula is C21H24N4O2. The van der Waals surface area contributed by atoms with Crippen molar-refractivity contribution in [2.45, 2.75) is 19.8 Å². The highest BCUT2D eigenvalue weighted by atomic mass is 16.5. The smallest absolute Gasteiger partial charge is 0.236 e. The van der Waals surface area contributed by atoms with E-state index in [2.05, 4.69) is 44.6 Å². The molecule has 27 heavy (non-hydrogen) atoms. The molecule has 0 saturated carbocycles. The van der Waals surface area contributed by atoms with Crippen molar-refractivity contribution in [3.8, 4) is 11.4 Å². The second-order valence-electron chi connectivity index (χ2n) is 6.66. The summed E-state index contributed by atoms with van der Waals surface area (Å²) < 4.78 is 5.22. The Balaban J connectivity index is 1.49. The monoisotopic (exact) mass is 364 g/mol. The first-order chi connectivity index (χ1) is 13.0. The first-order valence-corrected chi connectivity index (χ1v) is 8.94. The van der Waals surface area contributed by atoms with E-state index in [1.54, 1.807) is 0 Å². The van der Waals surface area contributed by atoms with Gasteiger partial charge in [0.15, 0.2) is 0 Å². The molecule has 0 spiro atoms. The van der Waals surface area contributed by atoms with Crippen molar-refractivity contribution in [2.75, 3.05) is 25.5 Å². The summed E-state index contributed by atoms with van der Waals surface area (Å²) in [6, 6.07) is 16.1. The van der Waals surface area contributed by atoms with Crippen LogP contribution < -0.4 is 10.2 Å². The Morgan fingerprint density at radius 3 is 2.56 bits per heavy atom. The molecule has 3 aromatic rings. The fourth-order valence-electron chi connectivity index (χ4n) is 2.77. The van der Waals surface area contributed by atoms with Crippen LogP contribution in [0, 0.1) is 6.92 Å². The van der Waals surface area contributed by atoms with Gasteiger partial charge in [-0.2, -0.15) is 4.98 Å². The summed E-state index contributed by atoms with van der Waals surface area (Å²) in [6.07, 6.45) is 0.857. The maximum atomic E-state index is 12.1. The Morgan fingerprint density at radius 2 is 1.85 bits per heavy atom. The van der Waals surface area contributed by atoms with Gasteiger partial charge < -0.3 is 14.7 Å². The molecule has 140 valence electrons. The lowest BCUT2D eigenvalue weighted by molar-refractivity contribution is -0.120. The Bertz CT molecular complexity index is 901. The van der Waals surface area contributed by atoms with Crippen molar-refractivity contribution in [1.29, 1.82) is 0 Å². The normalized spacial score (nSPS) is 10.6. The van der Waals surface area contributed by atoms with Gasteiger partial charge in [-0.25, -0.2) is 0 Å². The van der Waals surface area contributed by atoms with Crippen LogP contribution in [0.5, 0.6) is 0 Å². The van der Waals surface area contributed by atoms with E-state index >= 15 is 0 Å². The lowest BCUT2D eigenvalue weighted by Gasteiger charge is -2.12. The molecule has 0 bridgehead atoms. The van der Waals surface area contributed by atoms with E-state index in [4.69, 9.17) is 4.52 Å². The van der Waals surface area contributed by atoms with E-state index in [0.29, 0.717) is 18.3 Å². The minimum atomic E-state index is -0.125. The zero-order chi connectivity index (χ0) is 19.2. The van der Waals surface area contributed by atoms with Crippen molar-refractivity contribution in [1.82, 2.24) is 15.5 Å². The quantitative estimate of drug-likeness (QED) is 0.698. The molecule has 1 heterocycles. The van der Waals surface area contributed by atoms with E-state index < -0.39 is 0 Å². The Morgan fingerprint density at radius 1 is 1.11 bits per heavy atom. The minimum Gasteiger partial charge on any atom is -0.378 e. The third kappa shape index (κ3) is 4.94. The van der Waals surface area contributed by atoms with E-state index in [1.807, 2.05) is 45.3 Å². The number of hydrogen-bond acceptors (Lipinski definition) is 5. The Kier molecular flexibility index (Phi) is 5.86. The van der Waals surface area contributed by atoms with Gasteiger partial charge >= 0.3 is 0 Å². The van der Waals surface area contributed by atoms with Crippen LogP contribution in [0.2, 0.25) is 0 Å². The lowest BCUT2D eigenvalue weighted by atomic mass is 10.1. The number of aryl methyl sites for hydroxylation is 1. The number of carbonyl (C=O) groups is 1. The third-order valence-corrected chi connectivity index (χ3v) is 4.35. The summed E-state index contributed by atoms with van der Waals surface area (Å²) in [5.74, 6) is 0.706. The predicted octanol–water partition coefficient (Wildman–Crippen LogP) is 3.01. The van der Waals surface area contributed by atoms with Gasteiger partial charge in [-0.15, -0.1) is 0 Å². The summed E-state index contributed by atoms with van der Waals surface area (Å²) in [4.78, 5) is 18.5. The summed E-state index contributed by atoms with van der Waals surface area (Å²) in [6.45, 7) is 2.56. The standard InChI is InChI=1S/C21H24N4O2/c1-15-6-4-5-7-18(15)21-23-20(27-24-21)14-19(26)22-13-12-16-8-10-17(11-9-16)25(2)3/h4-11H,12-14H2,1-3H3,(H,22,26). The maximum absolute atomic E-state index is 12.1. The number of hydrogen-bond donors (Lipinski definition) is 1. The van der Waals surface area contributed by atoms with Crippen LogP contribution in [-0.2, 0) is 17.6 Å². The van der Waals surface area contributed by atoms with E-state index in [1.165, 1.54) is 5.56 Å². The van der Waals surface area contributed by atoms with Gasteiger partial charge in [-0.05, 0) is 36.6 Å². The van der Waals surface area contributed by atoms with Crippen molar-refractivity contribution >= 4 is 11.6 Å². The van der Waals surface area contributed by atoms with Crippen molar-refractivity contribution < 1.29 is 9.32 Å². The maximum Gasteiger partial charge on any atom is 0.236 e. The summed E-state index contributed by atoms with van der Waals surface area (Å²) in [5, 5.41) is 6.88. The molecule has 1 amide bonds. The number of nitrogens with zero attached hydrogens (tertiary/aromatic N) is 3. The molecule has 0 radical (unpaired) electrons. The molecule has 0 saturated heterocycles. The zero-order valence-electron chi connectivity index (χ0n) is 15.9. The number of nitrogens with one attached hydrogen (secondary N) is 1. The molecule has 0 fully saturated rings. The van der Waals surface area contributed by atoms with Crippen LogP contribution >= 0.6 is 0 Å². The number of rotatable bonds is 7. The van der Waals surface area contributed by atoms with Gasteiger partial charge in [-0.3, -0.25) is 4.79 Å². The highest BCUT2D eigenvalue weighted by Gasteiger charge is 2.13. The van der Waals surface area contributed by atoms with Crippen LogP contribution in [0.15, 0.2) is 53.1 Å². The highest BCUT2D eigenvalue weighted by molar-refractivity contribution is 5.77. The molecule has 0 aliphatic carbocycles. The second-order valence-corrected chi connectivity index (χ2v) is 6.66. The molecule has 2 aromatic carbocycles. The first kappa shape index (κ1) is 18.6. The molecule has 0 atom stereocenters. The number of carbonyl (C=O) groups excluding carboxylic acids is 1. The molecule has 1 aromatic heterocycles. The molecule has 1 N–H and O–H groups in total. The fraction of sp³-hybridized carbons (Fsp3) is 0.286. The first-order valence-electron chi connectivity index (χ1n) is 8.94. The third-order valence-electron chi connectivity index (χ3n) is 4.35. The Labute approximate surface area is 159 Å². The fourth-order valence-corrected chi connectivity index (χ4v) is 2.77. The largest absolute Gasteiger partial charge is 0.378 e. The van der Waals surface area contributed by atoms with Gasteiger partial charge in [0.25, 0.3) is 0 Å². The van der Waals surface area contributed by atoms with E-state index in [-0.39, 0.29) is 12.3 Å². The van der Waals surface area contributed by atoms with Crippen molar-refractivity contribution in [3.05, 3.63) is 65.5 Å². The van der Waals surface area contributed by atoms with Crippen LogP contribution in [-0.4, -0.2) is 36.7 Å². The molecule has 6 nitrogen and oxygen atoms in total. The number of amides is 1. The average Bonchev–Trinajstić information content (AvgIpc) is 3.10. The van der Waals surface area contributed by atoms with E-state index in [9.17, 15) is 4.79 Å². The SMILES string of the molecule is Cc1ccccc1-c1noc(CC(=O)NCCc2ccc(N(C)C)cc2)n1. The highest BCUT2D eigenvalue weighted by Crippen LogP contribution is 2.19. The molecule has 6 heteroatoms. The minimum absolute atomic E-state index is 0.0818. The van der Waals surface area contributed by atoms with Gasteiger partial charge in [-0.1, -0.05) is 41.6 Å². The summed E-state index contributed by atoms with van der Waals surface area (Å²) >= 11 is 0. The van der Waals surface area contributed by atoms with Crippen LogP contribution in [0.4, 0.5) is 5.69 Å². The molecule has 0 unspecified atom stereocenters. The summed E-state index contributed by atoms with van der Waals surface area (Å²) in [7, 11) is 4.02. The summed E-state index contributed by atoms with van der Waals surface area (Å²) in [5.41, 5.74) is 4.31. The molecule has 0 aliphatic heterocycles. The van der Waals surface area contributed by atoms with E-state index in [0.717, 1.165) is 23.2 Å².